The third kappa shape index (κ3) is 1.54. The van der Waals surface area contributed by atoms with Crippen LogP contribution in [0.4, 0.5) is 0 Å². The summed E-state index contributed by atoms with van der Waals surface area (Å²) >= 11 is 0. The molecule has 3 aliphatic carbocycles. The van der Waals surface area contributed by atoms with Crippen LogP contribution in [0.1, 0.15) is 52.4 Å². The first-order valence-corrected chi connectivity index (χ1v) is 8.38. The van der Waals surface area contributed by atoms with Gasteiger partial charge in [-0.25, -0.2) is 0 Å². The highest BCUT2D eigenvalue weighted by molar-refractivity contribution is 5.88. The van der Waals surface area contributed by atoms with Crippen LogP contribution < -0.4 is 0 Å². The third-order valence-corrected chi connectivity index (χ3v) is 7.56. The predicted molar refractivity (Wildman–Crippen MR) is 76.6 cm³/mol. The average molecular weight is 294 g/mol. The van der Waals surface area contributed by atoms with Crippen molar-refractivity contribution in [1.82, 2.24) is 0 Å². The normalized spacial score (nSPS) is 59.0. The molecule has 0 amide bonds. The van der Waals surface area contributed by atoms with Crippen molar-refractivity contribution in [3.05, 3.63) is 0 Å². The highest BCUT2D eigenvalue weighted by atomic mass is 16.6. The van der Waals surface area contributed by atoms with Crippen molar-refractivity contribution in [2.24, 2.45) is 22.7 Å². The molecular weight excluding hydrogens is 268 g/mol. The van der Waals surface area contributed by atoms with Crippen LogP contribution >= 0.6 is 0 Å². The SMILES string of the molecule is C[C@]1(CO)[C@H]2CC[C@@]34O[C@@H]3C(=O)CC[C@H]4[C@]2(C)CC[C@H]1O. The second kappa shape index (κ2) is 4.09. The van der Waals surface area contributed by atoms with Gasteiger partial charge in [0.1, 0.15) is 11.7 Å². The van der Waals surface area contributed by atoms with Crippen LogP contribution in [0.25, 0.3) is 0 Å². The first kappa shape index (κ1) is 14.2. The van der Waals surface area contributed by atoms with Crippen molar-refractivity contribution in [2.45, 2.75) is 70.2 Å². The molecule has 4 rings (SSSR count). The minimum absolute atomic E-state index is 0.0390. The largest absolute Gasteiger partial charge is 0.396 e. The lowest BCUT2D eigenvalue weighted by molar-refractivity contribution is -0.178. The van der Waals surface area contributed by atoms with E-state index in [-0.39, 0.29) is 29.5 Å². The molecule has 118 valence electrons. The van der Waals surface area contributed by atoms with E-state index in [1.165, 1.54) is 0 Å². The molecule has 0 aromatic heterocycles. The van der Waals surface area contributed by atoms with Gasteiger partial charge in [-0.1, -0.05) is 13.8 Å². The highest BCUT2D eigenvalue weighted by Gasteiger charge is 2.74. The number of Topliss-reactive ketones (excluding diaryl/α,β-unsaturated/α-hetero) is 1. The maximum absolute atomic E-state index is 12.0. The molecule has 4 fully saturated rings. The summed E-state index contributed by atoms with van der Waals surface area (Å²) in [7, 11) is 0. The van der Waals surface area contributed by atoms with Gasteiger partial charge >= 0.3 is 0 Å². The second-order valence-electron chi connectivity index (χ2n) is 8.33. The standard InChI is InChI=1S/C17H26O4/c1-15-7-6-13(20)16(2,9-18)11(15)5-8-17-12(15)4-3-10(19)14(17)21-17/h11-14,18,20H,3-9H2,1-2H3/t11-,12-,13+,14+,15+,16-,17-/m0/s1. The highest BCUT2D eigenvalue weighted by Crippen LogP contribution is 2.69. The summed E-state index contributed by atoms with van der Waals surface area (Å²) in [5, 5.41) is 20.4. The molecule has 1 saturated heterocycles. The van der Waals surface area contributed by atoms with E-state index in [2.05, 4.69) is 6.92 Å². The molecule has 4 nitrogen and oxygen atoms in total. The molecule has 0 unspecified atom stereocenters. The Kier molecular flexibility index (Phi) is 2.76. The summed E-state index contributed by atoms with van der Waals surface area (Å²) in [6.07, 6.45) is 4.57. The average Bonchev–Trinajstić information content (AvgIpc) is 3.19. The molecule has 7 atom stereocenters. The van der Waals surface area contributed by atoms with Crippen LogP contribution in [0.2, 0.25) is 0 Å². The van der Waals surface area contributed by atoms with Crippen LogP contribution in [0.3, 0.4) is 0 Å². The van der Waals surface area contributed by atoms with E-state index in [0.29, 0.717) is 18.3 Å². The molecular formula is C17H26O4. The fourth-order valence-corrected chi connectivity index (χ4v) is 6.30. The zero-order valence-electron chi connectivity index (χ0n) is 13.0. The molecule has 1 heterocycles. The van der Waals surface area contributed by atoms with Gasteiger partial charge in [0.05, 0.1) is 12.7 Å². The van der Waals surface area contributed by atoms with Crippen LogP contribution in [0.15, 0.2) is 0 Å². The van der Waals surface area contributed by atoms with Crippen LogP contribution in [-0.2, 0) is 9.53 Å². The van der Waals surface area contributed by atoms with E-state index < -0.39 is 11.5 Å². The molecule has 0 aromatic carbocycles. The van der Waals surface area contributed by atoms with Gasteiger partial charge < -0.3 is 14.9 Å². The molecule has 2 N–H and O–H groups in total. The Morgan fingerprint density at radius 2 is 1.95 bits per heavy atom. The van der Waals surface area contributed by atoms with Gasteiger partial charge in [-0.05, 0) is 49.4 Å². The Hall–Kier alpha value is -0.450. The van der Waals surface area contributed by atoms with Crippen molar-refractivity contribution in [3.8, 4) is 0 Å². The number of carbonyl (C=O) groups excluding carboxylic acids is 1. The molecule has 1 aliphatic heterocycles. The Morgan fingerprint density at radius 3 is 2.67 bits per heavy atom. The minimum atomic E-state index is -0.421. The Bertz CT molecular complexity index is 491. The molecule has 0 bridgehead atoms. The van der Waals surface area contributed by atoms with E-state index in [0.717, 1.165) is 32.1 Å². The Labute approximate surface area is 125 Å². The number of hydrogen-bond acceptors (Lipinski definition) is 4. The predicted octanol–water partition coefficient (Wildman–Crippen LogP) is 1.67. The molecule has 3 saturated carbocycles. The summed E-state index contributed by atoms with van der Waals surface area (Å²) in [5.74, 6) is 1.01. The first-order valence-electron chi connectivity index (χ1n) is 8.38. The van der Waals surface area contributed by atoms with Gasteiger partial charge in [0.2, 0.25) is 0 Å². The number of ketones is 1. The number of hydrogen-bond donors (Lipinski definition) is 2. The lowest BCUT2D eigenvalue weighted by Crippen LogP contribution is -2.61. The van der Waals surface area contributed by atoms with Crippen molar-refractivity contribution >= 4 is 5.78 Å². The monoisotopic (exact) mass is 294 g/mol. The van der Waals surface area contributed by atoms with Gasteiger partial charge in [0.25, 0.3) is 0 Å². The van der Waals surface area contributed by atoms with Gasteiger partial charge in [0.15, 0.2) is 5.78 Å². The number of epoxide rings is 1. The first-order chi connectivity index (χ1) is 9.88. The maximum Gasteiger partial charge on any atom is 0.164 e. The van der Waals surface area contributed by atoms with Gasteiger partial charge in [-0.3, -0.25) is 4.79 Å². The van der Waals surface area contributed by atoms with Crippen molar-refractivity contribution < 1.29 is 19.7 Å². The van der Waals surface area contributed by atoms with Gasteiger partial charge in [-0.15, -0.1) is 0 Å². The molecule has 4 heteroatoms. The quantitative estimate of drug-likeness (QED) is 0.722. The maximum atomic E-state index is 12.0. The van der Waals surface area contributed by atoms with Gasteiger partial charge in [0, 0.05) is 11.8 Å². The van der Waals surface area contributed by atoms with Crippen LogP contribution in [0.5, 0.6) is 0 Å². The smallest absolute Gasteiger partial charge is 0.164 e. The van der Waals surface area contributed by atoms with E-state index in [1.807, 2.05) is 6.92 Å². The zero-order valence-corrected chi connectivity index (χ0v) is 13.0. The summed E-state index contributed by atoms with van der Waals surface area (Å²) in [5.41, 5.74) is -0.538. The second-order valence-corrected chi connectivity index (χ2v) is 8.33. The van der Waals surface area contributed by atoms with Gasteiger partial charge in [-0.2, -0.15) is 0 Å². The molecule has 21 heavy (non-hydrogen) atoms. The summed E-state index contributed by atoms with van der Waals surface area (Å²) in [4.78, 5) is 12.0. The zero-order chi connectivity index (χ0) is 15.0. The number of rotatable bonds is 1. The molecule has 0 aromatic rings. The Balaban J connectivity index is 1.72. The van der Waals surface area contributed by atoms with Crippen molar-refractivity contribution in [3.63, 3.8) is 0 Å². The van der Waals surface area contributed by atoms with E-state index in [4.69, 9.17) is 4.74 Å². The van der Waals surface area contributed by atoms with Crippen LogP contribution in [-0.4, -0.2) is 40.4 Å². The fourth-order valence-electron chi connectivity index (χ4n) is 6.30. The lowest BCUT2D eigenvalue weighted by Gasteiger charge is -2.61. The summed E-state index contributed by atoms with van der Waals surface area (Å²) < 4.78 is 5.95. The van der Waals surface area contributed by atoms with E-state index in [9.17, 15) is 15.0 Å². The summed E-state index contributed by atoms with van der Waals surface area (Å²) in [6.45, 7) is 4.39. The number of aliphatic hydroxyl groups excluding tert-OH is 2. The third-order valence-electron chi connectivity index (χ3n) is 7.56. The number of fused-ring (bicyclic) bond motifs is 2. The van der Waals surface area contributed by atoms with Crippen LogP contribution in [0, 0.1) is 22.7 Å². The van der Waals surface area contributed by atoms with Crippen molar-refractivity contribution in [2.75, 3.05) is 6.61 Å². The molecule has 4 aliphatic rings. The molecule has 1 spiro atoms. The summed E-state index contributed by atoms with van der Waals surface area (Å²) in [6, 6.07) is 0. The Morgan fingerprint density at radius 1 is 1.19 bits per heavy atom. The number of ether oxygens (including phenoxy) is 1. The van der Waals surface area contributed by atoms with Crippen molar-refractivity contribution in [1.29, 1.82) is 0 Å². The van der Waals surface area contributed by atoms with E-state index >= 15 is 0 Å². The van der Waals surface area contributed by atoms with E-state index in [1.54, 1.807) is 0 Å². The fraction of sp³-hybridized carbons (Fsp3) is 0.941. The molecule has 0 radical (unpaired) electrons. The lowest BCUT2D eigenvalue weighted by atomic mass is 9.43. The topological polar surface area (TPSA) is 70.1 Å². The number of carbonyl (C=O) groups is 1. The number of aliphatic hydroxyl groups is 2. The minimum Gasteiger partial charge on any atom is -0.396 e.